The molecule has 10 heteroatoms. The van der Waals surface area contributed by atoms with E-state index in [1.165, 1.54) is 45.2 Å². The van der Waals surface area contributed by atoms with Crippen molar-refractivity contribution in [2.24, 2.45) is 10.8 Å². The molecule has 2 fully saturated rings. The predicted octanol–water partition coefficient (Wildman–Crippen LogP) is 11.1. The van der Waals surface area contributed by atoms with Gasteiger partial charge in [0, 0.05) is 25.7 Å². The first kappa shape index (κ1) is 39.4. The Kier molecular flexibility index (Phi) is 11.1. The van der Waals surface area contributed by atoms with Crippen LogP contribution in [0.4, 0.5) is 8.78 Å². The van der Waals surface area contributed by atoms with Gasteiger partial charge in [0.1, 0.15) is 17.4 Å². The van der Waals surface area contributed by atoms with Gasteiger partial charge in [0.15, 0.2) is 0 Å². The lowest BCUT2D eigenvalue weighted by Crippen LogP contribution is -2.41. The highest BCUT2D eigenvalue weighted by Gasteiger charge is 2.47. The second-order valence-corrected chi connectivity index (χ2v) is 19.0. The van der Waals surface area contributed by atoms with Crippen LogP contribution in [0.15, 0.2) is 143 Å². The lowest BCUT2D eigenvalue weighted by Gasteiger charge is -2.44. The average Bonchev–Trinajstić information content (AvgIpc) is 3.86. The van der Waals surface area contributed by atoms with Gasteiger partial charge in [-0.25, -0.2) is 18.1 Å². The van der Waals surface area contributed by atoms with Gasteiger partial charge in [-0.1, -0.05) is 47.5 Å². The number of hydrogen-bond acceptors (Lipinski definition) is 6. The van der Waals surface area contributed by atoms with E-state index in [0.717, 1.165) is 78.8 Å². The van der Waals surface area contributed by atoms with E-state index >= 15 is 0 Å². The molecule has 0 unspecified atom stereocenters. The van der Waals surface area contributed by atoms with Crippen molar-refractivity contribution in [3.63, 3.8) is 0 Å². The largest absolute Gasteiger partial charge is 0.395 e. The number of allylic oxidation sites excluding steroid dienone is 1. The molecule has 0 radical (unpaired) electrons. The fraction of sp³-hybridized carbons (Fsp3) is 0.286. The van der Waals surface area contributed by atoms with E-state index in [1.54, 1.807) is 31.2 Å². The molecule has 0 bridgehead atoms. The molecule has 4 aliphatic rings. The van der Waals surface area contributed by atoms with Gasteiger partial charge < -0.3 is 5.11 Å². The third kappa shape index (κ3) is 7.90. The molecule has 0 amide bonds. The SMILES string of the molecule is CC(=O)[C@]12Cc3cnn(-c4ccc(F)cc4)c3C=C1CC[C@@H](Sc1ccccc1)C2.OC[C@]12Cc3cnn(-c4ccc(F)cc4)c3C=C1CC[C@@H](Sc1ccccc1)C2. The van der Waals surface area contributed by atoms with Crippen LogP contribution in [0, 0.1) is 22.5 Å². The van der Waals surface area contributed by atoms with Gasteiger partial charge in [-0.05, 0) is 154 Å². The van der Waals surface area contributed by atoms with Crippen molar-refractivity contribution in [1.82, 2.24) is 19.6 Å². The molecule has 0 aliphatic heterocycles. The fourth-order valence-corrected chi connectivity index (χ4v) is 12.1. The number of thioether (sulfide) groups is 2. The van der Waals surface area contributed by atoms with Crippen molar-refractivity contribution in [2.45, 2.75) is 78.6 Å². The summed E-state index contributed by atoms with van der Waals surface area (Å²) in [4.78, 5) is 15.5. The van der Waals surface area contributed by atoms with Crippen LogP contribution in [0.1, 0.15) is 68.0 Å². The second-order valence-electron chi connectivity index (χ2n) is 16.2. The summed E-state index contributed by atoms with van der Waals surface area (Å²) in [5.74, 6) is -0.267. The number of fused-ring (bicyclic) bond motifs is 4. The van der Waals surface area contributed by atoms with Gasteiger partial charge in [0.25, 0.3) is 0 Å². The van der Waals surface area contributed by atoms with Crippen LogP contribution in [0.3, 0.4) is 0 Å². The van der Waals surface area contributed by atoms with Crippen molar-refractivity contribution in [1.29, 1.82) is 0 Å². The van der Waals surface area contributed by atoms with Crippen molar-refractivity contribution in [2.75, 3.05) is 6.61 Å². The molecule has 59 heavy (non-hydrogen) atoms. The first-order valence-corrected chi connectivity index (χ1v) is 22.1. The number of halogens is 2. The summed E-state index contributed by atoms with van der Waals surface area (Å²) in [5.41, 5.74) is 7.90. The zero-order valence-corrected chi connectivity index (χ0v) is 34.6. The van der Waals surface area contributed by atoms with Crippen LogP contribution >= 0.6 is 23.5 Å². The molecule has 0 spiro atoms. The van der Waals surface area contributed by atoms with E-state index in [2.05, 4.69) is 70.9 Å². The summed E-state index contributed by atoms with van der Waals surface area (Å²) in [6, 6.07) is 33.8. The first-order valence-electron chi connectivity index (χ1n) is 20.3. The van der Waals surface area contributed by atoms with Crippen molar-refractivity contribution >= 4 is 41.5 Å². The lowest BCUT2D eigenvalue weighted by atomic mass is 9.62. The standard InChI is InChI=1S/C25H23FN2OS.C24H23FN2OS/c1-17(29)25-14-18-16-27-28(21-10-8-20(26)9-11-21)24(18)13-19(25)7-12-23(15-25)30-22-5-3-2-4-6-22;25-19-7-9-20(10-8-19)27-23-12-18-6-11-22(29-21-4-2-1-3-5-21)14-24(18,16-28)13-17(23)15-26-27/h2-6,8-11,13,16,23H,7,12,14-15H2,1H3;1-5,7-10,12,15,22,28H,6,11,13-14,16H2/t23-,25-;22-,24-/m11/s1. The molecule has 4 atom stereocenters. The third-order valence-electron chi connectivity index (χ3n) is 12.6. The Hall–Kier alpha value is -5.03. The molecule has 4 aliphatic carbocycles. The summed E-state index contributed by atoms with van der Waals surface area (Å²) in [5, 5.41) is 20.5. The molecule has 2 heterocycles. The Labute approximate surface area is 352 Å². The maximum Gasteiger partial charge on any atom is 0.140 e. The Bertz CT molecular complexity index is 2520. The molecule has 6 aromatic rings. The minimum absolute atomic E-state index is 0.159. The average molecular weight is 825 g/mol. The number of carbonyl (C=O) groups is 1. The fourth-order valence-electron chi connectivity index (χ4n) is 9.50. The zero-order valence-electron chi connectivity index (χ0n) is 32.9. The Balaban J connectivity index is 0.000000152. The number of benzene rings is 4. The number of hydrogen-bond donors (Lipinski definition) is 1. The van der Waals surface area contributed by atoms with Crippen LogP contribution in [0.5, 0.6) is 0 Å². The van der Waals surface area contributed by atoms with E-state index < -0.39 is 5.41 Å². The van der Waals surface area contributed by atoms with Gasteiger partial charge in [-0.15, -0.1) is 23.5 Å². The van der Waals surface area contributed by atoms with Gasteiger partial charge in [-0.2, -0.15) is 10.2 Å². The minimum Gasteiger partial charge on any atom is -0.395 e. The predicted molar refractivity (Wildman–Crippen MR) is 233 cm³/mol. The second kappa shape index (κ2) is 16.6. The molecule has 2 saturated carbocycles. The molecular weight excluding hydrogens is 779 g/mol. The van der Waals surface area contributed by atoms with E-state index in [4.69, 9.17) is 0 Å². The van der Waals surface area contributed by atoms with Crippen molar-refractivity contribution in [3.8, 4) is 11.4 Å². The number of aliphatic hydroxyl groups is 1. The quantitative estimate of drug-likeness (QED) is 0.165. The van der Waals surface area contributed by atoms with Gasteiger partial charge >= 0.3 is 0 Å². The molecule has 300 valence electrons. The van der Waals surface area contributed by atoms with Crippen LogP contribution < -0.4 is 0 Å². The number of aliphatic hydroxyl groups excluding tert-OH is 1. The molecule has 1 N–H and O–H groups in total. The number of Topliss-reactive ketones (excluding diaryl/α,β-unsaturated/α-hetero) is 1. The topological polar surface area (TPSA) is 72.9 Å². The molecule has 0 saturated heterocycles. The van der Waals surface area contributed by atoms with E-state index in [0.29, 0.717) is 16.9 Å². The normalized spacial score (nSPS) is 23.0. The highest BCUT2D eigenvalue weighted by Crippen LogP contribution is 2.53. The highest BCUT2D eigenvalue weighted by atomic mass is 32.2. The zero-order chi connectivity index (χ0) is 40.6. The monoisotopic (exact) mass is 824 g/mol. The summed E-state index contributed by atoms with van der Waals surface area (Å²) in [7, 11) is 0. The summed E-state index contributed by atoms with van der Waals surface area (Å²) < 4.78 is 30.4. The molecule has 10 rings (SSSR count). The van der Waals surface area contributed by atoms with Crippen LogP contribution in [0.2, 0.25) is 0 Å². The van der Waals surface area contributed by atoms with E-state index in [1.807, 2.05) is 57.4 Å². The summed E-state index contributed by atoms with van der Waals surface area (Å²) in [6.07, 6.45) is 15.5. The maximum absolute atomic E-state index is 13.3. The first-order chi connectivity index (χ1) is 28.7. The Morgan fingerprint density at radius 1 is 0.678 bits per heavy atom. The van der Waals surface area contributed by atoms with Gasteiger partial charge in [-0.3, -0.25) is 4.79 Å². The number of rotatable bonds is 8. The number of ketones is 1. The highest BCUT2D eigenvalue weighted by molar-refractivity contribution is 8.00. The van der Waals surface area contributed by atoms with Crippen LogP contribution in [-0.4, -0.2) is 47.6 Å². The Morgan fingerprint density at radius 2 is 1.15 bits per heavy atom. The van der Waals surface area contributed by atoms with Crippen molar-refractivity contribution in [3.05, 3.63) is 167 Å². The van der Waals surface area contributed by atoms with E-state index in [-0.39, 0.29) is 29.4 Å². The number of carbonyl (C=O) groups excluding carboxylic acids is 1. The van der Waals surface area contributed by atoms with Crippen molar-refractivity contribution < 1.29 is 18.7 Å². The minimum atomic E-state index is -0.436. The van der Waals surface area contributed by atoms with E-state index in [9.17, 15) is 18.7 Å². The lowest BCUT2D eigenvalue weighted by molar-refractivity contribution is -0.125. The Morgan fingerprint density at radius 3 is 1.66 bits per heavy atom. The van der Waals surface area contributed by atoms with Gasteiger partial charge in [0.05, 0.1) is 47.2 Å². The molecule has 6 nitrogen and oxygen atoms in total. The maximum atomic E-state index is 13.3. The summed E-state index contributed by atoms with van der Waals surface area (Å²) >= 11 is 3.81. The molecule has 4 aromatic carbocycles. The third-order valence-corrected chi connectivity index (χ3v) is 15.1. The summed E-state index contributed by atoms with van der Waals surface area (Å²) in [6.45, 7) is 1.89. The molecular formula is C49H46F2N4O2S2. The van der Waals surface area contributed by atoms with Crippen LogP contribution in [-0.2, 0) is 17.6 Å². The number of aromatic nitrogens is 4. The van der Waals surface area contributed by atoms with Crippen LogP contribution in [0.25, 0.3) is 23.5 Å². The van der Waals surface area contributed by atoms with Gasteiger partial charge in [0.2, 0.25) is 0 Å². The number of nitrogens with zero attached hydrogens (tertiary/aromatic N) is 4. The smallest absolute Gasteiger partial charge is 0.140 e. The molecule has 2 aromatic heterocycles.